The lowest BCUT2D eigenvalue weighted by Gasteiger charge is -2.05. The van der Waals surface area contributed by atoms with Gasteiger partial charge in [-0.15, -0.1) is 0 Å². The van der Waals surface area contributed by atoms with E-state index in [1.165, 1.54) is 0 Å². The number of ether oxygens (including phenoxy) is 2. The third-order valence-corrected chi connectivity index (χ3v) is 4.28. The smallest absolute Gasteiger partial charge is 0.363 e. The van der Waals surface area contributed by atoms with Gasteiger partial charge in [-0.2, -0.15) is 0 Å². The van der Waals surface area contributed by atoms with Gasteiger partial charge in [-0.05, 0) is 43.2 Å². The van der Waals surface area contributed by atoms with Crippen molar-refractivity contribution >= 4 is 29.5 Å². The van der Waals surface area contributed by atoms with E-state index in [-0.39, 0.29) is 5.70 Å². The maximum Gasteiger partial charge on any atom is 0.363 e. The zero-order chi connectivity index (χ0) is 17.8. The molecule has 0 aromatic heterocycles. The maximum atomic E-state index is 12.1. The van der Waals surface area contributed by atoms with Crippen LogP contribution in [0.15, 0.2) is 53.2 Å². The molecule has 2 aromatic carbocycles. The molecule has 1 aliphatic heterocycles. The molecular formula is C20H18ClNO3. The number of cyclic esters (lactones) is 1. The molecule has 0 bridgehead atoms. The Bertz CT molecular complexity index is 871. The van der Waals surface area contributed by atoms with Crippen LogP contribution in [0.5, 0.6) is 5.75 Å². The van der Waals surface area contributed by atoms with Crippen LogP contribution in [0.1, 0.15) is 23.1 Å². The Morgan fingerprint density at radius 1 is 1.20 bits per heavy atom. The first-order valence-corrected chi connectivity index (χ1v) is 8.34. The minimum absolute atomic E-state index is 0.276. The van der Waals surface area contributed by atoms with Crippen LogP contribution in [0.2, 0.25) is 5.02 Å². The lowest BCUT2D eigenvalue weighted by molar-refractivity contribution is -0.130. The fraction of sp³-hybridized carbons (Fsp3) is 0.200. The molecule has 0 unspecified atom stereocenters. The molecule has 25 heavy (non-hydrogen) atoms. The van der Waals surface area contributed by atoms with E-state index in [0.717, 1.165) is 16.7 Å². The molecule has 0 fully saturated rings. The van der Waals surface area contributed by atoms with Crippen LogP contribution in [0.4, 0.5) is 0 Å². The van der Waals surface area contributed by atoms with Gasteiger partial charge in [0.05, 0.1) is 7.11 Å². The summed E-state index contributed by atoms with van der Waals surface area (Å²) in [6.45, 7) is 1.98. The third kappa shape index (κ3) is 4.09. The van der Waals surface area contributed by atoms with E-state index in [0.29, 0.717) is 29.5 Å². The van der Waals surface area contributed by atoms with Crippen molar-refractivity contribution in [3.05, 3.63) is 69.9 Å². The summed E-state index contributed by atoms with van der Waals surface area (Å²) in [5.41, 5.74) is 3.14. The van der Waals surface area contributed by atoms with Crippen molar-refractivity contribution in [2.24, 2.45) is 4.99 Å². The quantitative estimate of drug-likeness (QED) is 0.582. The fourth-order valence-electron chi connectivity index (χ4n) is 2.62. The molecule has 0 saturated carbocycles. The van der Waals surface area contributed by atoms with E-state index in [1.807, 2.05) is 49.4 Å². The average molecular weight is 356 g/mol. The predicted molar refractivity (Wildman–Crippen MR) is 99.0 cm³/mol. The Labute approximate surface area is 151 Å². The van der Waals surface area contributed by atoms with Crippen molar-refractivity contribution < 1.29 is 14.3 Å². The molecule has 3 rings (SSSR count). The molecule has 0 N–H and O–H groups in total. The van der Waals surface area contributed by atoms with Gasteiger partial charge in [-0.1, -0.05) is 41.4 Å². The van der Waals surface area contributed by atoms with Crippen molar-refractivity contribution in [1.29, 1.82) is 0 Å². The lowest BCUT2D eigenvalue weighted by Crippen LogP contribution is -2.05. The molecule has 0 saturated heterocycles. The zero-order valence-corrected chi connectivity index (χ0v) is 14.8. The number of carbonyl (C=O) groups excluding carboxylic acids is 1. The second kappa shape index (κ2) is 7.53. The van der Waals surface area contributed by atoms with Crippen molar-refractivity contribution in [3.8, 4) is 5.75 Å². The molecule has 1 heterocycles. The highest BCUT2D eigenvalue weighted by Crippen LogP contribution is 2.25. The summed E-state index contributed by atoms with van der Waals surface area (Å²) in [4.78, 5) is 16.4. The van der Waals surface area contributed by atoms with Gasteiger partial charge in [-0.25, -0.2) is 9.79 Å². The van der Waals surface area contributed by atoms with Gasteiger partial charge >= 0.3 is 5.97 Å². The summed E-state index contributed by atoms with van der Waals surface area (Å²) in [5.74, 6) is 0.645. The highest BCUT2D eigenvalue weighted by Gasteiger charge is 2.23. The molecular weight excluding hydrogens is 338 g/mol. The number of rotatable bonds is 5. The monoisotopic (exact) mass is 355 g/mol. The van der Waals surface area contributed by atoms with E-state index in [9.17, 15) is 4.79 Å². The summed E-state index contributed by atoms with van der Waals surface area (Å²) in [7, 11) is 1.60. The molecule has 0 atom stereocenters. The number of carbonyl (C=O) groups is 1. The Morgan fingerprint density at radius 3 is 2.76 bits per heavy atom. The molecule has 0 amide bonds. The Hall–Kier alpha value is -2.59. The molecule has 4 nitrogen and oxygen atoms in total. The second-order valence-corrected chi connectivity index (χ2v) is 6.17. The number of methoxy groups -OCH3 is 1. The van der Waals surface area contributed by atoms with Gasteiger partial charge in [0.2, 0.25) is 0 Å². The third-order valence-electron chi connectivity index (χ3n) is 3.91. The molecule has 128 valence electrons. The van der Waals surface area contributed by atoms with Crippen LogP contribution in [0.3, 0.4) is 0 Å². The molecule has 5 heteroatoms. The first-order valence-electron chi connectivity index (χ1n) is 7.96. The van der Waals surface area contributed by atoms with E-state index in [2.05, 4.69) is 4.99 Å². The highest BCUT2D eigenvalue weighted by atomic mass is 35.5. The maximum absolute atomic E-state index is 12.1. The number of benzene rings is 2. The van der Waals surface area contributed by atoms with E-state index < -0.39 is 5.97 Å². The summed E-state index contributed by atoms with van der Waals surface area (Å²) in [6, 6.07) is 13.4. The second-order valence-electron chi connectivity index (χ2n) is 5.76. The van der Waals surface area contributed by atoms with Gasteiger partial charge in [0.15, 0.2) is 11.6 Å². The van der Waals surface area contributed by atoms with Gasteiger partial charge < -0.3 is 9.47 Å². The molecule has 0 radical (unpaired) electrons. The minimum atomic E-state index is -0.447. The topological polar surface area (TPSA) is 47.9 Å². The normalized spacial score (nSPS) is 15.2. The van der Waals surface area contributed by atoms with Crippen LogP contribution in [0, 0.1) is 6.92 Å². The van der Waals surface area contributed by atoms with Crippen molar-refractivity contribution in [2.45, 2.75) is 19.8 Å². The van der Waals surface area contributed by atoms with Crippen LogP contribution in [-0.2, 0) is 16.0 Å². The largest absolute Gasteiger partial charge is 0.496 e. The highest BCUT2D eigenvalue weighted by molar-refractivity contribution is 6.31. The predicted octanol–water partition coefficient (Wildman–Crippen LogP) is 4.59. The Morgan fingerprint density at radius 2 is 2.00 bits per heavy atom. The zero-order valence-electron chi connectivity index (χ0n) is 14.1. The van der Waals surface area contributed by atoms with Crippen molar-refractivity contribution in [2.75, 3.05) is 7.11 Å². The van der Waals surface area contributed by atoms with Crippen LogP contribution in [-0.4, -0.2) is 19.0 Å². The van der Waals surface area contributed by atoms with E-state index >= 15 is 0 Å². The summed E-state index contributed by atoms with van der Waals surface area (Å²) >= 11 is 6.15. The molecule has 0 aliphatic carbocycles. The Kier molecular flexibility index (Phi) is 5.19. The first-order chi connectivity index (χ1) is 12.1. The first kappa shape index (κ1) is 17.2. The molecule has 2 aromatic rings. The number of aliphatic imine (C=N–C) groups is 1. The SMILES string of the molecule is COc1ccc(C)cc1/C=C1/N=C(CCc2ccccc2Cl)OC1=O. The summed E-state index contributed by atoms with van der Waals surface area (Å²) in [6.07, 6.45) is 2.86. The summed E-state index contributed by atoms with van der Waals surface area (Å²) < 4.78 is 10.6. The van der Waals surface area contributed by atoms with E-state index in [4.69, 9.17) is 21.1 Å². The number of hydrogen-bond acceptors (Lipinski definition) is 4. The molecule has 1 aliphatic rings. The number of halogens is 1. The number of nitrogens with zero attached hydrogens (tertiary/aromatic N) is 1. The number of hydrogen-bond donors (Lipinski definition) is 0. The van der Waals surface area contributed by atoms with Crippen molar-refractivity contribution in [3.63, 3.8) is 0 Å². The van der Waals surface area contributed by atoms with Crippen LogP contribution in [0.25, 0.3) is 6.08 Å². The van der Waals surface area contributed by atoms with Gasteiger partial charge in [0.25, 0.3) is 0 Å². The van der Waals surface area contributed by atoms with Gasteiger partial charge in [0.1, 0.15) is 5.75 Å². The number of esters is 1. The van der Waals surface area contributed by atoms with Crippen LogP contribution >= 0.6 is 11.6 Å². The minimum Gasteiger partial charge on any atom is -0.496 e. The lowest BCUT2D eigenvalue weighted by atomic mass is 10.1. The van der Waals surface area contributed by atoms with Crippen molar-refractivity contribution in [1.82, 2.24) is 0 Å². The fourth-order valence-corrected chi connectivity index (χ4v) is 2.85. The average Bonchev–Trinajstić information content (AvgIpc) is 2.94. The Balaban J connectivity index is 1.78. The standard InChI is InChI=1S/C20H18ClNO3/c1-13-7-9-18(24-2)15(11-13)12-17-20(23)25-19(22-17)10-8-14-5-3-4-6-16(14)21/h3-7,9,11-12H,8,10H2,1-2H3/b17-12+. The van der Waals surface area contributed by atoms with E-state index in [1.54, 1.807) is 13.2 Å². The summed E-state index contributed by atoms with van der Waals surface area (Å²) in [5, 5.41) is 0.702. The number of aryl methyl sites for hydroxylation is 2. The van der Waals surface area contributed by atoms with Gasteiger partial charge in [0, 0.05) is 17.0 Å². The van der Waals surface area contributed by atoms with Crippen LogP contribution < -0.4 is 4.74 Å². The van der Waals surface area contributed by atoms with Gasteiger partial charge in [-0.3, -0.25) is 0 Å². The molecule has 0 spiro atoms.